The van der Waals surface area contributed by atoms with Gasteiger partial charge in [-0.25, -0.2) is 9.37 Å². The fourth-order valence-corrected chi connectivity index (χ4v) is 3.45. The Kier molecular flexibility index (Phi) is 4.79. The predicted molar refractivity (Wildman–Crippen MR) is 99.1 cm³/mol. The summed E-state index contributed by atoms with van der Waals surface area (Å²) in [5, 5.41) is 0. The molecule has 6 heteroatoms. The van der Waals surface area contributed by atoms with E-state index in [1.54, 1.807) is 24.0 Å². The summed E-state index contributed by atoms with van der Waals surface area (Å²) in [6.45, 7) is 2.86. The Labute approximate surface area is 156 Å². The summed E-state index contributed by atoms with van der Waals surface area (Å²) < 4.78 is 25.1. The summed E-state index contributed by atoms with van der Waals surface area (Å²) in [5.74, 6) is 0.434. The molecule has 0 bridgehead atoms. The zero-order chi connectivity index (χ0) is 18.8. The van der Waals surface area contributed by atoms with Gasteiger partial charge >= 0.3 is 0 Å². The number of amides is 1. The minimum absolute atomic E-state index is 0.0970. The van der Waals surface area contributed by atoms with Gasteiger partial charge in [-0.1, -0.05) is 24.3 Å². The highest BCUT2D eigenvalue weighted by Crippen LogP contribution is 2.30. The van der Waals surface area contributed by atoms with Crippen molar-refractivity contribution in [3.63, 3.8) is 0 Å². The van der Waals surface area contributed by atoms with Gasteiger partial charge < -0.3 is 14.1 Å². The van der Waals surface area contributed by atoms with E-state index in [1.165, 1.54) is 12.1 Å². The quantitative estimate of drug-likeness (QED) is 0.694. The van der Waals surface area contributed by atoms with Crippen molar-refractivity contribution in [1.29, 1.82) is 0 Å². The van der Waals surface area contributed by atoms with Crippen LogP contribution in [-0.4, -0.2) is 35.0 Å². The second-order valence-corrected chi connectivity index (χ2v) is 6.81. The van der Waals surface area contributed by atoms with Gasteiger partial charge in [0.05, 0.1) is 0 Å². The molecule has 0 N–H and O–H groups in total. The number of hydrogen-bond acceptors (Lipinski definition) is 4. The maximum Gasteiger partial charge on any atom is 0.263 e. The smallest absolute Gasteiger partial charge is 0.263 e. The van der Waals surface area contributed by atoms with Gasteiger partial charge in [-0.3, -0.25) is 4.79 Å². The molecule has 1 fully saturated rings. The number of para-hydroxylation sites is 3. The van der Waals surface area contributed by atoms with E-state index < -0.39 is 11.9 Å². The van der Waals surface area contributed by atoms with Gasteiger partial charge in [0.2, 0.25) is 0 Å². The molecule has 1 atom stereocenters. The van der Waals surface area contributed by atoms with Crippen LogP contribution in [0.3, 0.4) is 0 Å². The van der Waals surface area contributed by atoms with Crippen LogP contribution in [0.25, 0.3) is 11.1 Å². The van der Waals surface area contributed by atoms with Crippen molar-refractivity contribution >= 4 is 17.0 Å². The first kappa shape index (κ1) is 17.5. The third-order valence-corrected chi connectivity index (χ3v) is 4.95. The number of benzene rings is 2. The number of aromatic nitrogens is 1. The Bertz CT molecular complexity index is 914. The van der Waals surface area contributed by atoms with E-state index in [9.17, 15) is 9.18 Å². The lowest BCUT2D eigenvalue weighted by Gasteiger charge is -2.32. The average Bonchev–Trinajstić information content (AvgIpc) is 3.13. The number of rotatable bonds is 4. The predicted octanol–water partition coefficient (Wildman–Crippen LogP) is 4.14. The van der Waals surface area contributed by atoms with Gasteiger partial charge in [-0.15, -0.1) is 0 Å². The van der Waals surface area contributed by atoms with Crippen molar-refractivity contribution in [3.05, 3.63) is 60.2 Å². The molecule has 1 aliphatic heterocycles. The molecule has 0 spiro atoms. The normalized spacial score (nSPS) is 16.4. The zero-order valence-corrected chi connectivity index (χ0v) is 15.1. The Morgan fingerprint density at radius 3 is 2.63 bits per heavy atom. The Balaban J connectivity index is 1.36. The molecule has 0 unspecified atom stereocenters. The van der Waals surface area contributed by atoms with Crippen LogP contribution in [-0.2, 0) is 4.79 Å². The second-order valence-electron chi connectivity index (χ2n) is 6.81. The second kappa shape index (κ2) is 7.39. The SMILES string of the molecule is C[C@@H](Oc1ccccc1F)C(=O)N1CCC(c2nc3ccccc3o2)CC1. The van der Waals surface area contributed by atoms with Crippen LogP contribution in [0.2, 0.25) is 0 Å². The Hall–Kier alpha value is -2.89. The van der Waals surface area contributed by atoms with Gasteiger partial charge in [0.15, 0.2) is 29.1 Å². The highest BCUT2D eigenvalue weighted by atomic mass is 19.1. The lowest BCUT2D eigenvalue weighted by atomic mass is 9.96. The van der Waals surface area contributed by atoms with E-state index in [1.807, 2.05) is 24.3 Å². The fraction of sp³-hybridized carbons (Fsp3) is 0.333. The summed E-state index contributed by atoms with van der Waals surface area (Å²) in [6, 6.07) is 13.8. The van der Waals surface area contributed by atoms with Gasteiger partial charge in [-0.05, 0) is 44.0 Å². The molecule has 1 aromatic heterocycles. The van der Waals surface area contributed by atoms with E-state index in [0.717, 1.165) is 29.8 Å². The van der Waals surface area contributed by atoms with Crippen molar-refractivity contribution in [3.8, 4) is 5.75 Å². The Morgan fingerprint density at radius 2 is 1.89 bits per heavy atom. The molecular formula is C21H21FN2O3. The van der Waals surface area contributed by atoms with Crippen LogP contribution in [0.15, 0.2) is 52.9 Å². The minimum atomic E-state index is -0.734. The number of fused-ring (bicyclic) bond motifs is 1. The largest absolute Gasteiger partial charge is 0.478 e. The molecule has 2 aromatic carbocycles. The van der Waals surface area contributed by atoms with E-state index in [2.05, 4.69) is 4.98 Å². The molecule has 0 saturated carbocycles. The van der Waals surface area contributed by atoms with Crippen LogP contribution in [0.5, 0.6) is 5.75 Å². The Morgan fingerprint density at radius 1 is 1.19 bits per heavy atom. The lowest BCUT2D eigenvalue weighted by molar-refractivity contribution is -0.139. The zero-order valence-electron chi connectivity index (χ0n) is 15.1. The number of carbonyl (C=O) groups is 1. The first-order valence-corrected chi connectivity index (χ1v) is 9.17. The van der Waals surface area contributed by atoms with Gasteiger partial charge in [0.1, 0.15) is 5.52 Å². The molecule has 4 rings (SSSR count). The molecule has 0 aliphatic carbocycles. The molecule has 140 valence electrons. The summed E-state index contributed by atoms with van der Waals surface area (Å²) >= 11 is 0. The van der Waals surface area contributed by atoms with E-state index in [4.69, 9.17) is 9.15 Å². The molecule has 1 aliphatic rings. The topological polar surface area (TPSA) is 55.6 Å². The van der Waals surface area contributed by atoms with E-state index >= 15 is 0 Å². The highest BCUT2D eigenvalue weighted by Gasteiger charge is 2.30. The van der Waals surface area contributed by atoms with Gasteiger partial charge in [0, 0.05) is 19.0 Å². The average molecular weight is 368 g/mol. The first-order chi connectivity index (χ1) is 13.1. The number of ether oxygens (including phenoxy) is 1. The molecular weight excluding hydrogens is 347 g/mol. The number of hydrogen-bond donors (Lipinski definition) is 0. The summed E-state index contributed by atoms with van der Waals surface area (Å²) in [7, 11) is 0. The molecule has 5 nitrogen and oxygen atoms in total. The number of nitrogens with zero attached hydrogens (tertiary/aromatic N) is 2. The van der Waals surface area contributed by atoms with E-state index in [0.29, 0.717) is 13.1 Å². The number of piperidine rings is 1. The third kappa shape index (κ3) is 3.65. The lowest BCUT2D eigenvalue weighted by Crippen LogP contribution is -2.44. The van der Waals surface area contributed by atoms with Crippen LogP contribution in [0.1, 0.15) is 31.6 Å². The maximum absolute atomic E-state index is 13.7. The van der Waals surface area contributed by atoms with Crippen LogP contribution < -0.4 is 4.74 Å². The monoisotopic (exact) mass is 368 g/mol. The molecule has 1 saturated heterocycles. The summed E-state index contributed by atoms with van der Waals surface area (Å²) in [5.41, 5.74) is 1.65. The third-order valence-electron chi connectivity index (χ3n) is 4.95. The minimum Gasteiger partial charge on any atom is -0.478 e. The van der Waals surface area contributed by atoms with Crippen LogP contribution >= 0.6 is 0 Å². The van der Waals surface area contributed by atoms with Crippen molar-refractivity contribution in [1.82, 2.24) is 9.88 Å². The van der Waals surface area contributed by atoms with Crippen molar-refractivity contribution < 1.29 is 18.3 Å². The van der Waals surface area contributed by atoms with Crippen LogP contribution in [0.4, 0.5) is 4.39 Å². The molecule has 1 amide bonds. The molecule has 3 aromatic rings. The van der Waals surface area contributed by atoms with Crippen molar-refractivity contribution in [2.75, 3.05) is 13.1 Å². The van der Waals surface area contributed by atoms with E-state index in [-0.39, 0.29) is 17.6 Å². The number of carbonyl (C=O) groups excluding carboxylic acids is 1. The number of halogens is 1. The fourth-order valence-electron chi connectivity index (χ4n) is 3.45. The first-order valence-electron chi connectivity index (χ1n) is 9.17. The molecule has 0 radical (unpaired) electrons. The summed E-state index contributed by atoms with van der Waals surface area (Å²) in [4.78, 5) is 19.0. The van der Waals surface area contributed by atoms with Crippen LogP contribution in [0, 0.1) is 5.82 Å². The molecule has 27 heavy (non-hydrogen) atoms. The van der Waals surface area contributed by atoms with Gasteiger partial charge in [-0.2, -0.15) is 0 Å². The molecule has 2 heterocycles. The standard InChI is InChI=1S/C21H21FN2O3/c1-14(26-18-8-4-2-6-16(18)22)21(25)24-12-10-15(11-13-24)20-23-17-7-3-5-9-19(17)27-20/h2-9,14-15H,10-13H2,1H3/t14-/m1/s1. The maximum atomic E-state index is 13.7. The van der Waals surface area contributed by atoms with Gasteiger partial charge in [0.25, 0.3) is 5.91 Å². The van der Waals surface area contributed by atoms with Crippen molar-refractivity contribution in [2.24, 2.45) is 0 Å². The van der Waals surface area contributed by atoms with Crippen molar-refractivity contribution in [2.45, 2.75) is 31.8 Å². The highest BCUT2D eigenvalue weighted by molar-refractivity contribution is 5.81. The summed E-state index contributed by atoms with van der Waals surface area (Å²) in [6.07, 6.45) is 0.832. The number of oxazole rings is 1. The number of likely N-dealkylation sites (tertiary alicyclic amines) is 1.